The van der Waals surface area contributed by atoms with Crippen molar-refractivity contribution in [2.75, 3.05) is 0 Å². The van der Waals surface area contributed by atoms with E-state index in [-0.39, 0.29) is 0 Å². The zero-order valence-electron chi connectivity index (χ0n) is 4.08. The van der Waals surface area contributed by atoms with Gasteiger partial charge in [-0.2, -0.15) is 22.0 Å². The molecule has 0 unspecified atom stereocenters. The van der Waals surface area contributed by atoms with Crippen molar-refractivity contribution in [1.82, 2.24) is 0 Å². The molecular formula is C2ClF5S2. The first kappa shape index (κ1) is 10.6. The molecule has 0 aliphatic rings. The summed E-state index contributed by atoms with van der Waals surface area (Å²) in [6.07, 6.45) is 0. The normalized spacial score (nSPS) is 13.8. The lowest BCUT2D eigenvalue weighted by Gasteiger charge is -2.11. The van der Waals surface area contributed by atoms with Crippen LogP contribution in [0.2, 0.25) is 0 Å². The molecule has 0 rings (SSSR count). The third-order valence-corrected chi connectivity index (χ3v) is 2.33. The van der Waals surface area contributed by atoms with Crippen molar-refractivity contribution in [2.24, 2.45) is 0 Å². The Morgan fingerprint density at radius 3 is 1.50 bits per heavy atom. The highest BCUT2D eigenvalue weighted by Crippen LogP contribution is 2.50. The molecule has 0 aliphatic heterocycles. The zero-order chi connectivity index (χ0) is 8.41. The van der Waals surface area contributed by atoms with Gasteiger partial charge in [-0.3, -0.25) is 0 Å². The van der Waals surface area contributed by atoms with E-state index in [4.69, 9.17) is 0 Å². The summed E-state index contributed by atoms with van der Waals surface area (Å²) in [6.45, 7) is 0. The Hall–Kier alpha value is 0.640. The molecule has 0 atom stereocenters. The van der Waals surface area contributed by atoms with Crippen LogP contribution in [0.25, 0.3) is 0 Å². The number of rotatable bonds is 2. The minimum absolute atomic E-state index is 0.664. The molecule has 0 aliphatic carbocycles. The molecule has 8 heteroatoms. The largest absolute Gasteiger partial charge is 0.448 e. The Balaban J connectivity index is 3.89. The maximum absolute atomic E-state index is 11.7. The quantitative estimate of drug-likeness (QED) is 0.512. The van der Waals surface area contributed by atoms with Crippen LogP contribution in [0.3, 0.4) is 0 Å². The van der Waals surface area contributed by atoms with E-state index in [0.29, 0.717) is 0 Å². The van der Waals surface area contributed by atoms with Gasteiger partial charge in [0.1, 0.15) is 0 Å². The minimum Gasteiger partial charge on any atom is -0.181 e. The first-order valence-electron chi connectivity index (χ1n) is 1.71. The van der Waals surface area contributed by atoms with Crippen LogP contribution in [0.4, 0.5) is 22.0 Å². The highest BCUT2D eigenvalue weighted by atomic mass is 35.7. The molecule has 0 amide bonds. The van der Waals surface area contributed by atoms with Gasteiger partial charge in [-0.1, -0.05) is 0 Å². The van der Waals surface area contributed by atoms with E-state index < -0.39 is 32.8 Å². The van der Waals surface area contributed by atoms with Gasteiger partial charge in [0.25, 0.3) is 0 Å². The van der Waals surface area contributed by atoms with Crippen LogP contribution in [0.1, 0.15) is 0 Å². The fourth-order valence-corrected chi connectivity index (χ4v) is 1.11. The standard InChI is InChI=1S/C2ClF5S2/c3-10-2(7,8)9-1(4,5)6. The maximum atomic E-state index is 11.7. The highest BCUT2D eigenvalue weighted by molar-refractivity contribution is 8.30. The van der Waals surface area contributed by atoms with Gasteiger partial charge >= 0.3 is 10.1 Å². The van der Waals surface area contributed by atoms with Gasteiger partial charge in [0.05, 0.1) is 0 Å². The van der Waals surface area contributed by atoms with Crippen molar-refractivity contribution in [1.29, 1.82) is 0 Å². The summed E-state index contributed by atoms with van der Waals surface area (Å²) >= 11 is -1.44. The number of hydrogen-bond acceptors (Lipinski definition) is 2. The molecule has 0 saturated heterocycles. The predicted molar refractivity (Wildman–Crippen MR) is 32.0 cm³/mol. The molecule has 62 valence electrons. The molecule has 0 aromatic heterocycles. The van der Waals surface area contributed by atoms with E-state index in [1.54, 1.807) is 0 Å². The lowest BCUT2D eigenvalue weighted by atomic mass is 11.5. The third kappa shape index (κ3) is 5.43. The summed E-state index contributed by atoms with van der Waals surface area (Å²) in [5.41, 5.74) is -4.95. The van der Waals surface area contributed by atoms with Gasteiger partial charge in [0.15, 0.2) is 0 Å². The van der Waals surface area contributed by atoms with Gasteiger partial charge in [-0.05, 0) is 10.7 Å². The van der Waals surface area contributed by atoms with Crippen molar-refractivity contribution >= 4 is 33.4 Å². The molecule has 0 fully saturated rings. The smallest absolute Gasteiger partial charge is 0.181 e. The molecule has 0 N–H and O–H groups in total. The van der Waals surface area contributed by atoms with Gasteiger partial charge in [-0.15, -0.1) is 0 Å². The first-order valence-corrected chi connectivity index (χ1v) is 4.17. The number of thioether (sulfide) groups is 1. The Kier molecular flexibility index (Phi) is 3.57. The van der Waals surface area contributed by atoms with Crippen LogP contribution in [0.5, 0.6) is 0 Å². The van der Waals surface area contributed by atoms with E-state index >= 15 is 0 Å². The van der Waals surface area contributed by atoms with Gasteiger partial charge in [0.2, 0.25) is 0 Å². The lowest BCUT2D eigenvalue weighted by Crippen LogP contribution is -2.12. The summed E-state index contributed by atoms with van der Waals surface area (Å²) < 4.78 is 52.9. The Labute approximate surface area is 66.0 Å². The van der Waals surface area contributed by atoms with Gasteiger partial charge < -0.3 is 0 Å². The predicted octanol–water partition coefficient (Wildman–Crippen LogP) is 3.68. The summed E-state index contributed by atoms with van der Waals surface area (Å²) in [5, 5.41) is 0. The van der Waals surface area contributed by atoms with E-state index in [0.717, 1.165) is 0 Å². The highest BCUT2D eigenvalue weighted by Gasteiger charge is 2.45. The van der Waals surface area contributed by atoms with Crippen LogP contribution < -0.4 is 0 Å². The van der Waals surface area contributed by atoms with Gasteiger partial charge in [0, 0.05) is 22.7 Å². The monoisotopic (exact) mass is 218 g/mol. The minimum atomic E-state index is -4.95. The fraction of sp³-hybridized carbons (Fsp3) is 1.00. The Bertz CT molecular complexity index is 111. The molecule has 0 aromatic rings. The summed E-state index contributed by atoms with van der Waals surface area (Å²) in [7, 11) is 3.78. The fourth-order valence-electron chi connectivity index (χ4n) is 0.150. The summed E-state index contributed by atoms with van der Waals surface area (Å²) in [6, 6.07) is 0. The third-order valence-electron chi connectivity index (χ3n) is 0.324. The SMILES string of the molecule is FC(F)(F)SC(F)(F)SCl. The summed E-state index contributed by atoms with van der Waals surface area (Å²) in [5.74, 6) is 0. The van der Waals surface area contributed by atoms with Crippen LogP contribution >= 0.6 is 33.4 Å². The Morgan fingerprint density at radius 2 is 1.40 bits per heavy atom. The van der Waals surface area contributed by atoms with E-state index in [1.165, 1.54) is 0 Å². The first-order chi connectivity index (χ1) is 4.27. The van der Waals surface area contributed by atoms with Crippen molar-refractivity contribution in [3.05, 3.63) is 0 Å². The molecular weight excluding hydrogens is 219 g/mol. The van der Waals surface area contributed by atoms with Crippen LogP contribution in [-0.4, -0.2) is 10.1 Å². The van der Waals surface area contributed by atoms with Crippen LogP contribution in [-0.2, 0) is 0 Å². The zero-order valence-corrected chi connectivity index (χ0v) is 6.47. The molecule has 0 heterocycles. The average Bonchev–Trinajstić information content (AvgIpc) is 1.60. The van der Waals surface area contributed by atoms with E-state index in [9.17, 15) is 22.0 Å². The lowest BCUT2D eigenvalue weighted by molar-refractivity contribution is -0.0370. The molecule has 0 bridgehead atoms. The number of halogens is 6. The van der Waals surface area contributed by atoms with Crippen molar-refractivity contribution in [3.63, 3.8) is 0 Å². The van der Waals surface area contributed by atoms with E-state index in [2.05, 4.69) is 10.7 Å². The molecule has 0 spiro atoms. The molecule has 0 nitrogen and oxygen atoms in total. The Morgan fingerprint density at radius 1 is 1.00 bits per heavy atom. The number of alkyl halides is 5. The average molecular weight is 219 g/mol. The van der Waals surface area contributed by atoms with Gasteiger partial charge in [-0.25, -0.2) is 0 Å². The van der Waals surface area contributed by atoms with E-state index in [1.807, 2.05) is 0 Å². The second-order valence-corrected chi connectivity index (χ2v) is 3.66. The second-order valence-electron chi connectivity index (χ2n) is 1.09. The van der Waals surface area contributed by atoms with Crippen molar-refractivity contribution < 1.29 is 22.0 Å². The molecule has 0 radical (unpaired) electrons. The maximum Gasteiger partial charge on any atom is 0.448 e. The van der Waals surface area contributed by atoms with Crippen LogP contribution in [0.15, 0.2) is 0 Å². The van der Waals surface area contributed by atoms with Crippen molar-refractivity contribution in [2.45, 2.75) is 10.1 Å². The molecule has 10 heavy (non-hydrogen) atoms. The van der Waals surface area contributed by atoms with Crippen molar-refractivity contribution in [3.8, 4) is 0 Å². The molecule has 0 aromatic carbocycles. The molecule has 0 saturated carbocycles. The van der Waals surface area contributed by atoms with Crippen LogP contribution in [0, 0.1) is 0 Å². The summed E-state index contributed by atoms with van der Waals surface area (Å²) in [4.78, 5) is 0. The number of hydrogen-bond donors (Lipinski definition) is 0. The second kappa shape index (κ2) is 3.36. The topological polar surface area (TPSA) is 0 Å².